The summed E-state index contributed by atoms with van der Waals surface area (Å²) in [4.78, 5) is 23.9. The van der Waals surface area contributed by atoms with Crippen LogP contribution in [0.2, 0.25) is 0 Å². The minimum absolute atomic E-state index is 0.0681. The van der Waals surface area contributed by atoms with Crippen LogP contribution in [0.5, 0.6) is 0 Å². The molecule has 1 aliphatic carbocycles. The number of thiophene rings is 1. The predicted molar refractivity (Wildman–Crippen MR) is 79.5 cm³/mol. The van der Waals surface area contributed by atoms with Crippen LogP contribution in [-0.4, -0.2) is 24.4 Å². The van der Waals surface area contributed by atoms with Gasteiger partial charge in [-0.2, -0.15) is 0 Å². The highest BCUT2D eigenvalue weighted by atomic mass is 79.9. The Morgan fingerprint density at radius 3 is 2.79 bits per heavy atom. The number of rotatable bonds is 6. The van der Waals surface area contributed by atoms with E-state index in [0.29, 0.717) is 30.3 Å². The molecule has 0 unspecified atom stereocenters. The fourth-order valence-corrected chi connectivity index (χ4v) is 3.09. The maximum Gasteiger partial charge on any atom is 0.261 e. The fourth-order valence-electron chi connectivity index (χ4n) is 1.64. The third-order valence-corrected chi connectivity index (χ3v) is 5.03. The molecule has 1 fully saturated rings. The van der Waals surface area contributed by atoms with Gasteiger partial charge >= 0.3 is 0 Å². The first-order chi connectivity index (χ1) is 9.06. The highest BCUT2D eigenvalue weighted by Gasteiger charge is 2.22. The van der Waals surface area contributed by atoms with Crippen molar-refractivity contribution >= 4 is 39.1 Å². The zero-order valence-electron chi connectivity index (χ0n) is 10.8. The van der Waals surface area contributed by atoms with Gasteiger partial charge in [0.1, 0.15) is 0 Å². The van der Waals surface area contributed by atoms with Gasteiger partial charge in [-0.1, -0.05) is 0 Å². The van der Waals surface area contributed by atoms with Crippen molar-refractivity contribution in [3.8, 4) is 0 Å². The molecule has 2 rings (SSSR count). The molecule has 2 N–H and O–H groups in total. The van der Waals surface area contributed by atoms with Crippen LogP contribution < -0.4 is 10.6 Å². The van der Waals surface area contributed by atoms with Crippen LogP contribution in [0.4, 0.5) is 0 Å². The van der Waals surface area contributed by atoms with Crippen LogP contribution in [0, 0.1) is 6.92 Å². The van der Waals surface area contributed by atoms with Gasteiger partial charge in [0, 0.05) is 19.0 Å². The lowest BCUT2D eigenvalue weighted by atomic mass is 10.3. The maximum atomic E-state index is 11.8. The van der Waals surface area contributed by atoms with Crippen LogP contribution in [0.15, 0.2) is 9.85 Å². The molecule has 1 saturated carbocycles. The molecule has 104 valence electrons. The Hall–Kier alpha value is -0.880. The van der Waals surface area contributed by atoms with Crippen molar-refractivity contribution in [1.82, 2.24) is 10.6 Å². The van der Waals surface area contributed by atoms with E-state index in [0.717, 1.165) is 22.2 Å². The Bertz CT molecular complexity index is 463. The van der Waals surface area contributed by atoms with E-state index in [-0.39, 0.29) is 11.8 Å². The van der Waals surface area contributed by atoms with E-state index in [1.807, 2.05) is 13.0 Å². The first kappa shape index (κ1) is 14.5. The first-order valence-corrected chi connectivity index (χ1v) is 8.00. The molecule has 0 bridgehead atoms. The van der Waals surface area contributed by atoms with Gasteiger partial charge in [-0.05, 0) is 53.7 Å². The van der Waals surface area contributed by atoms with Crippen LogP contribution in [0.25, 0.3) is 0 Å². The van der Waals surface area contributed by atoms with Gasteiger partial charge in [0.2, 0.25) is 5.91 Å². The van der Waals surface area contributed by atoms with E-state index < -0.39 is 0 Å². The number of aryl methyl sites for hydroxylation is 1. The third kappa shape index (κ3) is 4.62. The van der Waals surface area contributed by atoms with Gasteiger partial charge < -0.3 is 10.6 Å². The summed E-state index contributed by atoms with van der Waals surface area (Å²) < 4.78 is 0.987. The van der Waals surface area contributed by atoms with Gasteiger partial charge in [0.05, 0.1) is 8.66 Å². The topological polar surface area (TPSA) is 58.2 Å². The van der Waals surface area contributed by atoms with Gasteiger partial charge in [-0.3, -0.25) is 9.59 Å². The lowest BCUT2D eigenvalue weighted by molar-refractivity contribution is -0.121. The number of nitrogens with one attached hydrogen (secondary N) is 2. The van der Waals surface area contributed by atoms with E-state index in [1.165, 1.54) is 11.3 Å². The molecule has 4 nitrogen and oxygen atoms in total. The number of carbonyl (C=O) groups is 2. The second-order valence-corrected chi connectivity index (χ2v) is 7.14. The minimum Gasteiger partial charge on any atom is -0.353 e. The van der Waals surface area contributed by atoms with E-state index in [4.69, 9.17) is 0 Å². The molecule has 6 heteroatoms. The smallest absolute Gasteiger partial charge is 0.261 e. The standard InChI is InChI=1S/C13H17BrN2O2S/c1-8-7-10(19-12(8)14)13(18)15-6-2-3-11(17)16-9-4-5-9/h7,9H,2-6H2,1H3,(H,15,18)(H,16,17). The summed E-state index contributed by atoms with van der Waals surface area (Å²) >= 11 is 4.83. The van der Waals surface area contributed by atoms with Crippen molar-refractivity contribution in [1.29, 1.82) is 0 Å². The Balaban J connectivity index is 1.64. The molecule has 0 aliphatic heterocycles. The largest absolute Gasteiger partial charge is 0.353 e. The summed E-state index contributed by atoms with van der Waals surface area (Å²) in [5, 5.41) is 5.76. The molecule has 0 saturated heterocycles. The average molecular weight is 345 g/mol. The van der Waals surface area contributed by atoms with Gasteiger partial charge in [0.25, 0.3) is 5.91 Å². The second kappa shape index (κ2) is 6.52. The van der Waals surface area contributed by atoms with Crippen molar-refractivity contribution in [2.24, 2.45) is 0 Å². The van der Waals surface area contributed by atoms with Crippen molar-refractivity contribution < 1.29 is 9.59 Å². The lowest BCUT2D eigenvalue weighted by Gasteiger charge is -2.04. The molecular weight excluding hydrogens is 328 g/mol. The molecule has 0 spiro atoms. The van der Waals surface area contributed by atoms with Crippen molar-refractivity contribution in [3.05, 3.63) is 20.3 Å². The van der Waals surface area contributed by atoms with E-state index in [2.05, 4.69) is 26.6 Å². The van der Waals surface area contributed by atoms with E-state index >= 15 is 0 Å². The zero-order valence-corrected chi connectivity index (χ0v) is 13.2. The number of hydrogen-bond acceptors (Lipinski definition) is 3. The molecule has 19 heavy (non-hydrogen) atoms. The molecule has 1 aromatic heterocycles. The highest BCUT2D eigenvalue weighted by Crippen LogP contribution is 2.27. The number of amides is 2. The Kier molecular flexibility index (Phi) is 4.99. The molecule has 0 radical (unpaired) electrons. The summed E-state index contributed by atoms with van der Waals surface area (Å²) in [6.07, 6.45) is 3.37. The third-order valence-electron chi connectivity index (χ3n) is 2.89. The molecular formula is C13H17BrN2O2S. The molecule has 1 aromatic rings. The SMILES string of the molecule is Cc1cc(C(=O)NCCCC(=O)NC2CC2)sc1Br. The van der Waals surface area contributed by atoms with Crippen LogP contribution >= 0.6 is 27.3 Å². The van der Waals surface area contributed by atoms with Crippen molar-refractivity contribution in [2.75, 3.05) is 6.54 Å². The molecule has 1 heterocycles. The van der Waals surface area contributed by atoms with Gasteiger partial charge in [-0.15, -0.1) is 11.3 Å². The predicted octanol–water partition coefficient (Wildman–Crippen LogP) is 2.61. The quantitative estimate of drug-likeness (QED) is 0.779. The first-order valence-electron chi connectivity index (χ1n) is 6.40. The zero-order chi connectivity index (χ0) is 13.8. The lowest BCUT2D eigenvalue weighted by Crippen LogP contribution is -2.28. The summed E-state index contributed by atoms with van der Waals surface area (Å²) in [5.41, 5.74) is 1.07. The Morgan fingerprint density at radius 2 is 2.21 bits per heavy atom. The van der Waals surface area contributed by atoms with Crippen molar-refractivity contribution in [2.45, 2.75) is 38.6 Å². The normalized spacial score (nSPS) is 14.2. The summed E-state index contributed by atoms with van der Waals surface area (Å²) in [5.74, 6) is 0.0212. The summed E-state index contributed by atoms with van der Waals surface area (Å²) in [7, 11) is 0. The van der Waals surface area contributed by atoms with Gasteiger partial charge in [-0.25, -0.2) is 0 Å². The molecule has 0 atom stereocenters. The maximum absolute atomic E-state index is 11.8. The van der Waals surface area contributed by atoms with Crippen molar-refractivity contribution in [3.63, 3.8) is 0 Å². The summed E-state index contributed by atoms with van der Waals surface area (Å²) in [6, 6.07) is 2.28. The monoisotopic (exact) mass is 344 g/mol. The second-order valence-electron chi connectivity index (χ2n) is 4.77. The minimum atomic E-state index is -0.0681. The highest BCUT2D eigenvalue weighted by molar-refractivity contribution is 9.11. The molecule has 1 aliphatic rings. The summed E-state index contributed by atoms with van der Waals surface area (Å²) in [6.45, 7) is 2.49. The average Bonchev–Trinajstić information content (AvgIpc) is 3.10. The van der Waals surface area contributed by atoms with Crippen LogP contribution in [0.1, 0.15) is 40.9 Å². The van der Waals surface area contributed by atoms with Crippen LogP contribution in [-0.2, 0) is 4.79 Å². The Labute approximate surface area is 125 Å². The number of halogens is 1. The number of hydrogen-bond donors (Lipinski definition) is 2. The van der Waals surface area contributed by atoms with Crippen LogP contribution in [0.3, 0.4) is 0 Å². The van der Waals surface area contributed by atoms with Gasteiger partial charge in [0.15, 0.2) is 0 Å². The van der Waals surface area contributed by atoms with E-state index in [1.54, 1.807) is 0 Å². The van der Waals surface area contributed by atoms with E-state index in [9.17, 15) is 9.59 Å². The molecule has 0 aromatic carbocycles. The number of carbonyl (C=O) groups excluding carboxylic acids is 2. The fraction of sp³-hybridized carbons (Fsp3) is 0.538. The molecule has 2 amide bonds. The Morgan fingerprint density at radius 1 is 1.47 bits per heavy atom.